The molecule has 1 aromatic carbocycles. The molecule has 0 fully saturated rings. The van der Waals surface area contributed by atoms with Gasteiger partial charge in [-0.15, -0.1) is 0 Å². The smallest absolute Gasteiger partial charge is 0.253 e. The zero-order valence-corrected chi connectivity index (χ0v) is 15.3. The number of aryl methyl sites for hydroxylation is 1. The standard InChI is InChI=1S/C20H26N2O3/c1-5-22(14-20(3,4)24)19(23)17-8-6-7-16(11-17)13-25-18-10-9-15(2)21-12-18/h6-12,24H,5,13-14H2,1-4H3. The van der Waals surface area contributed by atoms with E-state index in [9.17, 15) is 9.90 Å². The van der Waals surface area contributed by atoms with Crippen molar-refractivity contribution in [1.29, 1.82) is 0 Å². The molecular formula is C20H26N2O3. The van der Waals surface area contributed by atoms with Crippen LogP contribution in [0.3, 0.4) is 0 Å². The number of rotatable bonds is 7. The third kappa shape index (κ3) is 5.87. The molecule has 0 saturated heterocycles. The fourth-order valence-electron chi connectivity index (χ4n) is 2.48. The van der Waals surface area contributed by atoms with Crippen molar-refractivity contribution in [2.45, 2.75) is 39.9 Å². The number of aromatic nitrogens is 1. The number of benzene rings is 1. The van der Waals surface area contributed by atoms with E-state index in [1.807, 2.05) is 44.2 Å². The van der Waals surface area contributed by atoms with Gasteiger partial charge in [0.25, 0.3) is 5.91 Å². The summed E-state index contributed by atoms with van der Waals surface area (Å²) in [5.74, 6) is 0.600. The van der Waals surface area contributed by atoms with Crippen LogP contribution in [0.2, 0.25) is 0 Å². The Morgan fingerprint density at radius 3 is 2.64 bits per heavy atom. The summed E-state index contributed by atoms with van der Waals surface area (Å²) in [4.78, 5) is 18.5. The largest absolute Gasteiger partial charge is 0.487 e. The molecule has 0 unspecified atom stereocenters. The maximum Gasteiger partial charge on any atom is 0.253 e. The van der Waals surface area contributed by atoms with Crippen molar-refractivity contribution in [1.82, 2.24) is 9.88 Å². The zero-order chi connectivity index (χ0) is 18.4. The molecule has 134 valence electrons. The van der Waals surface area contributed by atoms with Crippen LogP contribution in [-0.2, 0) is 6.61 Å². The molecule has 0 radical (unpaired) electrons. The van der Waals surface area contributed by atoms with Crippen molar-refractivity contribution < 1.29 is 14.6 Å². The van der Waals surface area contributed by atoms with Gasteiger partial charge in [-0.1, -0.05) is 12.1 Å². The predicted octanol–water partition coefficient (Wildman–Crippen LogP) is 3.20. The van der Waals surface area contributed by atoms with Gasteiger partial charge in [-0.05, 0) is 57.5 Å². The molecule has 1 amide bonds. The van der Waals surface area contributed by atoms with Crippen molar-refractivity contribution in [2.24, 2.45) is 0 Å². The normalized spacial score (nSPS) is 11.2. The van der Waals surface area contributed by atoms with Crippen molar-refractivity contribution >= 4 is 5.91 Å². The quantitative estimate of drug-likeness (QED) is 0.839. The summed E-state index contributed by atoms with van der Waals surface area (Å²) in [5.41, 5.74) is 1.51. The highest BCUT2D eigenvalue weighted by Gasteiger charge is 2.22. The van der Waals surface area contributed by atoms with E-state index >= 15 is 0 Å². The number of likely N-dealkylation sites (N-methyl/N-ethyl adjacent to an activating group) is 1. The minimum atomic E-state index is -0.926. The first kappa shape index (κ1) is 18.9. The van der Waals surface area contributed by atoms with E-state index in [0.717, 1.165) is 11.3 Å². The molecule has 1 aromatic heterocycles. The predicted molar refractivity (Wildman–Crippen MR) is 97.6 cm³/mol. The second kappa shape index (κ2) is 8.12. The minimum Gasteiger partial charge on any atom is -0.487 e. The molecule has 0 spiro atoms. The maximum absolute atomic E-state index is 12.7. The molecule has 2 aromatic rings. The van der Waals surface area contributed by atoms with E-state index in [1.165, 1.54) is 0 Å². The lowest BCUT2D eigenvalue weighted by Crippen LogP contribution is -2.42. The van der Waals surface area contributed by atoms with Crippen molar-refractivity contribution in [3.8, 4) is 5.75 Å². The van der Waals surface area contributed by atoms with E-state index in [2.05, 4.69) is 4.98 Å². The number of carbonyl (C=O) groups excluding carboxylic acids is 1. The Balaban J connectivity index is 2.06. The number of carbonyl (C=O) groups is 1. The van der Waals surface area contributed by atoms with Crippen LogP contribution >= 0.6 is 0 Å². The number of hydrogen-bond donors (Lipinski definition) is 1. The third-order valence-corrected chi connectivity index (χ3v) is 3.71. The van der Waals surface area contributed by atoms with Gasteiger partial charge in [-0.3, -0.25) is 9.78 Å². The number of pyridine rings is 1. The molecule has 0 aliphatic rings. The van der Waals surface area contributed by atoms with Gasteiger partial charge in [-0.25, -0.2) is 0 Å². The number of amides is 1. The number of hydrogen-bond acceptors (Lipinski definition) is 4. The number of aliphatic hydroxyl groups is 1. The highest BCUT2D eigenvalue weighted by Crippen LogP contribution is 2.15. The molecule has 5 nitrogen and oxygen atoms in total. The monoisotopic (exact) mass is 342 g/mol. The summed E-state index contributed by atoms with van der Waals surface area (Å²) in [5, 5.41) is 9.98. The minimum absolute atomic E-state index is 0.0940. The van der Waals surface area contributed by atoms with Gasteiger partial charge in [0.05, 0.1) is 11.8 Å². The summed E-state index contributed by atoms with van der Waals surface area (Å²) in [6.45, 7) is 8.42. The first-order chi connectivity index (χ1) is 11.8. The molecule has 5 heteroatoms. The van der Waals surface area contributed by atoms with Gasteiger partial charge >= 0.3 is 0 Å². The molecule has 2 rings (SSSR count). The molecule has 1 heterocycles. The molecule has 1 N–H and O–H groups in total. The van der Waals surface area contributed by atoms with Crippen LogP contribution in [0.1, 0.15) is 42.4 Å². The van der Waals surface area contributed by atoms with Gasteiger partial charge in [-0.2, -0.15) is 0 Å². The van der Waals surface area contributed by atoms with E-state index < -0.39 is 5.60 Å². The van der Waals surface area contributed by atoms with Crippen LogP contribution in [-0.4, -0.2) is 39.6 Å². The second-order valence-electron chi connectivity index (χ2n) is 6.76. The first-order valence-corrected chi connectivity index (χ1v) is 8.44. The van der Waals surface area contributed by atoms with Crippen LogP contribution in [0.15, 0.2) is 42.6 Å². The highest BCUT2D eigenvalue weighted by atomic mass is 16.5. The van der Waals surface area contributed by atoms with Gasteiger partial charge in [0.2, 0.25) is 0 Å². The number of nitrogens with zero attached hydrogens (tertiary/aromatic N) is 2. The lowest BCUT2D eigenvalue weighted by molar-refractivity contribution is 0.0314. The van der Waals surface area contributed by atoms with Gasteiger partial charge in [0, 0.05) is 24.3 Å². The Labute approximate surface area is 149 Å². The molecule has 0 aliphatic carbocycles. The van der Waals surface area contributed by atoms with Crippen molar-refractivity contribution in [3.63, 3.8) is 0 Å². The highest BCUT2D eigenvalue weighted by molar-refractivity contribution is 5.94. The number of ether oxygens (including phenoxy) is 1. The lowest BCUT2D eigenvalue weighted by atomic mass is 10.1. The molecule has 0 saturated carbocycles. The molecular weight excluding hydrogens is 316 g/mol. The van der Waals surface area contributed by atoms with Gasteiger partial charge in [0.1, 0.15) is 12.4 Å². The van der Waals surface area contributed by atoms with Crippen LogP contribution in [0.4, 0.5) is 0 Å². The van der Waals surface area contributed by atoms with Crippen LogP contribution in [0.5, 0.6) is 5.75 Å². The Morgan fingerprint density at radius 1 is 1.28 bits per heavy atom. The van der Waals surface area contributed by atoms with Crippen LogP contribution < -0.4 is 4.74 Å². The average Bonchev–Trinajstić information content (AvgIpc) is 2.58. The van der Waals surface area contributed by atoms with E-state index in [1.54, 1.807) is 31.0 Å². The summed E-state index contributed by atoms with van der Waals surface area (Å²) in [7, 11) is 0. The SMILES string of the molecule is CCN(CC(C)(C)O)C(=O)c1cccc(COc2ccc(C)nc2)c1. The van der Waals surface area contributed by atoms with Crippen molar-refractivity contribution in [2.75, 3.05) is 13.1 Å². The Kier molecular flexibility index (Phi) is 6.15. The topological polar surface area (TPSA) is 62.7 Å². The van der Waals surface area contributed by atoms with E-state index in [4.69, 9.17) is 4.74 Å². The summed E-state index contributed by atoms with van der Waals surface area (Å²) in [6, 6.07) is 11.1. The fourth-order valence-corrected chi connectivity index (χ4v) is 2.48. The zero-order valence-electron chi connectivity index (χ0n) is 15.3. The lowest BCUT2D eigenvalue weighted by Gasteiger charge is -2.28. The summed E-state index contributed by atoms with van der Waals surface area (Å²) < 4.78 is 5.72. The fraction of sp³-hybridized carbons (Fsp3) is 0.400. The molecule has 0 bridgehead atoms. The van der Waals surface area contributed by atoms with Gasteiger partial charge in [0.15, 0.2) is 0 Å². The van der Waals surface area contributed by atoms with E-state index in [-0.39, 0.29) is 12.5 Å². The van der Waals surface area contributed by atoms with Crippen LogP contribution in [0.25, 0.3) is 0 Å². The average molecular weight is 342 g/mol. The molecule has 0 atom stereocenters. The summed E-state index contributed by atoms with van der Waals surface area (Å²) >= 11 is 0. The van der Waals surface area contributed by atoms with Crippen LogP contribution in [0, 0.1) is 6.92 Å². The molecule has 25 heavy (non-hydrogen) atoms. The first-order valence-electron chi connectivity index (χ1n) is 8.44. The molecule has 0 aliphatic heterocycles. The second-order valence-corrected chi connectivity index (χ2v) is 6.76. The third-order valence-electron chi connectivity index (χ3n) is 3.71. The van der Waals surface area contributed by atoms with E-state index in [0.29, 0.717) is 24.5 Å². The van der Waals surface area contributed by atoms with Gasteiger partial charge < -0.3 is 14.7 Å². The summed E-state index contributed by atoms with van der Waals surface area (Å²) in [6.07, 6.45) is 1.69. The van der Waals surface area contributed by atoms with Crippen molar-refractivity contribution in [3.05, 3.63) is 59.4 Å². The maximum atomic E-state index is 12.7. The Bertz CT molecular complexity index is 706. The Morgan fingerprint density at radius 2 is 2.04 bits per heavy atom. The Hall–Kier alpha value is -2.40.